The van der Waals surface area contributed by atoms with E-state index in [-0.39, 0.29) is 5.91 Å². The van der Waals surface area contributed by atoms with Crippen LogP contribution in [0.5, 0.6) is 11.5 Å². The second-order valence-electron chi connectivity index (χ2n) is 7.13. The van der Waals surface area contributed by atoms with Crippen LogP contribution in [0.2, 0.25) is 0 Å². The molecule has 31 heavy (non-hydrogen) atoms. The third-order valence-electron chi connectivity index (χ3n) is 5.08. The number of hydrogen-bond donors (Lipinski definition) is 2. The summed E-state index contributed by atoms with van der Waals surface area (Å²) in [5, 5.41) is 3.86. The van der Waals surface area contributed by atoms with Crippen molar-refractivity contribution in [3.63, 3.8) is 0 Å². The van der Waals surface area contributed by atoms with Gasteiger partial charge in [0.25, 0.3) is 5.91 Å². The highest BCUT2D eigenvalue weighted by atomic mass is 32.2. The predicted molar refractivity (Wildman–Crippen MR) is 121 cm³/mol. The second-order valence-corrected chi connectivity index (χ2v) is 8.09. The van der Waals surface area contributed by atoms with Gasteiger partial charge in [0.15, 0.2) is 16.7 Å². The van der Waals surface area contributed by atoms with Crippen molar-refractivity contribution in [2.45, 2.75) is 17.5 Å². The number of imidazole rings is 1. The number of rotatable bonds is 6. The molecule has 1 amide bonds. The zero-order chi connectivity index (χ0) is 21.0. The van der Waals surface area contributed by atoms with Gasteiger partial charge in [0.05, 0.1) is 11.0 Å². The Morgan fingerprint density at radius 2 is 1.77 bits per heavy atom. The van der Waals surface area contributed by atoms with Crippen LogP contribution in [0, 0.1) is 0 Å². The molecule has 156 valence electrons. The fourth-order valence-electron chi connectivity index (χ4n) is 3.56. The van der Waals surface area contributed by atoms with Gasteiger partial charge in [-0.2, -0.15) is 0 Å². The summed E-state index contributed by atoms with van der Waals surface area (Å²) in [7, 11) is 0. The maximum atomic E-state index is 12.9. The van der Waals surface area contributed by atoms with Gasteiger partial charge < -0.3 is 19.8 Å². The number of nitrogens with zero attached hydrogens (tertiary/aromatic N) is 1. The summed E-state index contributed by atoms with van der Waals surface area (Å²) >= 11 is 1.58. The number of para-hydroxylation sites is 3. The van der Waals surface area contributed by atoms with Gasteiger partial charge in [-0.05, 0) is 29.8 Å². The molecule has 0 fully saturated rings. The molecule has 0 spiro atoms. The van der Waals surface area contributed by atoms with E-state index in [2.05, 4.69) is 15.3 Å². The lowest BCUT2D eigenvalue weighted by atomic mass is 10.1. The van der Waals surface area contributed by atoms with Crippen molar-refractivity contribution in [2.24, 2.45) is 0 Å². The summed E-state index contributed by atoms with van der Waals surface area (Å²) in [6.45, 7) is 1.43. The minimum atomic E-state index is -0.116. The number of nitrogens with one attached hydrogen (secondary N) is 2. The largest absolute Gasteiger partial charge is 0.486 e. The Balaban J connectivity index is 1.28. The van der Waals surface area contributed by atoms with E-state index in [9.17, 15) is 4.79 Å². The molecule has 0 unspecified atom stereocenters. The molecule has 2 N–H and O–H groups in total. The highest BCUT2D eigenvalue weighted by molar-refractivity contribution is 7.98. The molecular weight excluding hydrogens is 410 g/mol. The van der Waals surface area contributed by atoms with Gasteiger partial charge in [-0.1, -0.05) is 54.2 Å². The smallest absolute Gasteiger partial charge is 0.251 e. The van der Waals surface area contributed by atoms with Crippen molar-refractivity contribution in [2.75, 3.05) is 13.2 Å². The topological polar surface area (TPSA) is 76.2 Å². The minimum Gasteiger partial charge on any atom is -0.486 e. The number of aromatic nitrogens is 2. The van der Waals surface area contributed by atoms with E-state index in [0.717, 1.165) is 33.1 Å². The zero-order valence-corrected chi connectivity index (χ0v) is 17.6. The monoisotopic (exact) mass is 431 g/mol. The van der Waals surface area contributed by atoms with Crippen LogP contribution in [-0.2, 0) is 12.3 Å². The van der Waals surface area contributed by atoms with Gasteiger partial charge in [0.1, 0.15) is 13.2 Å². The van der Waals surface area contributed by atoms with Crippen LogP contribution in [0.25, 0.3) is 11.0 Å². The summed E-state index contributed by atoms with van der Waals surface area (Å²) in [6, 6.07) is 21.3. The fourth-order valence-corrected chi connectivity index (χ4v) is 4.44. The maximum Gasteiger partial charge on any atom is 0.251 e. The number of carbonyl (C=O) groups is 1. The Bertz CT molecular complexity index is 1200. The van der Waals surface area contributed by atoms with E-state index in [1.807, 2.05) is 66.7 Å². The molecule has 6 nitrogen and oxygen atoms in total. The number of amides is 1. The van der Waals surface area contributed by atoms with Gasteiger partial charge in [0, 0.05) is 23.4 Å². The lowest BCUT2D eigenvalue weighted by Crippen LogP contribution is -2.25. The SMILES string of the molecule is O=C(NCc1cccc2c1OCCO2)c1ccccc1CSc1nc2ccccc2[nH]1. The molecule has 7 heteroatoms. The number of ether oxygens (including phenoxy) is 2. The van der Waals surface area contributed by atoms with Gasteiger partial charge in [-0.3, -0.25) is 4.79 Å². The van der Waals surface area contributed by atoms with Crippen molar-refractivity contribution in [3.05, 3.63) is 83.4 Å². The molecule has 0 saturated heterocycles. The third kappa shape index (κ3) is 4.22. The van der Waals surface area contributed by atoms with Crippen LogP contribution in [-0.4, -0.2) is 29.1 Å². The van der Waals surface area contributed by atoms with Gasteiger partial charge in [-0.15, -0.1) is 0 Å². The average Bonchev–Trinajstić information content (AvgIpc) is 3.24. The summed E-state index contributed by atoms with van der Waals surface area (Å²) in [4.78, 5) is 20.9. The first kappa shape index (κ1) is 19.5. The number of carbonyl (C=O) groups excluding carboxylic acids is 1. The summed E-state index contributed by atoms with van der Waals surface area (Å²) < 4.78 is 11.4. The van der Waals surface area contributed by atoms with Crippen molar-refractivity contribution in [1.82, 2.24) is 15.3 Å². The van der Waals surface area contributed by atoms with Crippen molar-refractivity contribution < 1.29 is 14.3 Å². The van der Waals surface area contributed by atoms with E-state index in [1.165, 1.54) is 0 Å². The molecule has 2 heterocycles. The predicted octanol–water partition coefficient (Wildman–Crippen LogP) is 4.56. The molecule has 0 saturated carbocycles. The Hall–Kier alpha value is -3.45. The molecule has 4 aromatic rings. The number of aromatic amines is 1. The van der Waals surface area contributed by atoms with Gasteiger partial charge in [0.2, 0.25) is 0 Å². The summed E-state index contributed by atoms with van der Waals surface area (Å²) in [6.07, 6.45) is 0. The van der Waals surface area contributed by atoms with Crippen LogP contribution in [0.15, 0.2) is 71.9 Å². The quantitative estimate of drug-likeness (QED) is 0.438. The molecule has 1 aliphatic rings. The molecular formula is C24H21N3O3S. The van der Waals surface area contributed by atoms with Crippen LogP contribution in [0.4, 0.5) is 0 Å². The number of H-pyrrole nitrogens is 1. The molecule has 1 aliphatic heterocycles. The summed E-state index contributed by atoms with van der Waals surface area (Å²) in [5.41, 5.74) is 4.47. The molecule has 0 radical (unpaired) electrons. The lowest BCUT2D eigenvalue weighted by Gasteiger charge is -2.21. The number of fused-ring (bicyclic) bond motifs is 2. The molecule has 0 aliphatic carbocycles. The zero-order valence-electron chi connectivity index (χ0n) is 16.8. The Kier molecular flexibility index (Phi) is 5.50. The molecule has 5 rings (SSSR count). The highest BCUT2D eigenvalue weighted by Gasteiger charge is 2.17. The van der Waals surface area contributed by atoms with Crippen LogP contribution in [0.3, 0.4) is 0 Å². The second kappa shape index (κ2) is 8.73. The number of hydrogen-bond acceptors (Lipinski definition) is 5. The van der Waals surface area contributed by atoms with Gasteiger partial charge in [-0.25, -0.2) is 4.98 Å². The third-order valence-corrected chi connectivity index (χ3v) is 6.00. The number of benzene rings is 3. The molecule has 0 bridgehead atoms. The van der Waals surface area contributed by atoms with Crippen molar-refractivity contribution in [3.8, 4) is 11.5 Å². The Morgan fingerprint density at radius 3 is 2.71 bits per heavy atom. The van der Waals surface area contributed by atoms with E-state index in [4.69, 9.17) is 9.47 Å². The van der Waals surface area contributed by atoms with Gasteiger partial charge >= 0.3 is 0 Å². The highest BCUT2D eigenvalue weighted by Crippen LogP contribution is 2.33. The number of thioether (sulfide) groups is 1. The maximum absolute atomic E-state index is 12.9. The average molecular weight is 432 g/mol. The first-order chi connectivity index (χ1) is 15.3. The molecule has 1 aromatic heterocycles. The Labute approximate surface area is 184 Å². The minimum absolute atomic E-state index is 0.116. The van der Waals surface area contributed by atoms with Crippen LogP contribution in [0.1, 0.15) is 21.5 Å². The fraction of sp³-hybridized carbons (Fsp3) is 0.167. The molecule has 0 atom stereocenters. The van der Waals surface area contributed by atoms with Crippen LogP contribution < -0.4 is 14.8 Å². The van der Waals surface area contributed by atoms with Crippen molar-refractivity contribution in [1.29, 1.82) is 0 Å². The van der Waals surface area contributed by atoms with Crippen LogP contribution >= 0.6 is 11.8 Å². The molecule has 3 aromatic carbocycles. The van der Waals surface area contributed by atoms with Crippen molar-refractivity contribution >= 4 is 28.7 Å². The lowest BCUT2D eigenvalue weighted by molar-refractivity contribution is 0.0949. The first-order valence-electron chi connectivity index (χ1n) is 10.1. The summed E-state index contributed by atoms with van der Waals surface area (Å²) in [5.74, 6) is 1.96. The van der Waals surface area contributed by atoms with E-state index < -0.39 is 0 Å². The normalized spacial score (nSPS) is 12.6. The first-order valence-corrected chi connectivity index (χ1v) is 11.1. The van der Waals surface area contributed by atoms with E-state index >= 15 is 0 Å². The van der Waals surface area contributed by atoms with E-state index in [1.54, 1.807) is 11.8 Å². The Morgan fingerprint density at radius 1 is 0.968 bits per heavy atom. The standard InChI is InChI=1S/C24H21N3O3S/c28-23(25-14-16-7-5-11-21-22(16)30-13-12-29-21)18-8-2-1-6-17(18)15-31-24-26-19-9-3-4-10-20(19)27-24/h1-11H,12-15H2,(H,25,28)(H,26,27). The van der Waals surface area contributed by atoms with E-state index in [0.29, 0.717) is 36.8 Å².